The van der Waals surface area contributed by atoms with E-state index in [2.05, 4.69) is 10.3 Å². The molecular weight excluding hydrogens is 403 g/mol. The molecule has 2 aromatic carbocycles. The van der Waals surface area contributed by atoms with E-state index in [4.69, 9.17) is 27.9 Å². The van der Waals surface area contributed by atoms with Gasteiger partial charge in [-0.05, 0) is 29.8 Å². The first-order valence-corrected chi connectivity index (χ1v) is 9.78. The Morgan fingerprint density at radius 1 is 1.19 bits per heavy atom. The number of fused-ring (bicyclic) bond motifs is 1. The van der Waals surface area contributed by atoms with Gasteiger partial charge in [0, 0.05) is 23.1 Å². The maximum Gasteiger partial charge on any atom is 0.256 e. The molecule has 0 fully saturated rings. The van der Waals surface area contributed by atoms with Crippen molar-refractivity contribution in [3.05, 3.63) is 80.3 Å². The summed E-state index contributed by atoms with van der Waals surface area (Å²) in [5.41, 5.74) is 2.49. The number of aromatic nitrogens is 1. The number of hydrogen-bond donors (Lipinski definition) is 1. The molecule has 0 bridgehead atoms. The van der Waals surface area contributed by atoms with Crippen LogP contribution in [0.25, 0.3) is 6.08 Å². The standard InChI is InChI=1S/C20H14Cl2N2O2S/c21-16-6-5-12(8-17(16)22)7-15-10-23-20(27-15)24-19(25)14-9-13-3-1-2-4-18(13)26-11-14/h1-6,8-10H,7,11H2,(H,23,24,25). The molecule has 0 saturated heterocycles. The smallest absolute Gasteiger partial charge is 0.256 e. The van der Waals surface area contributed by atoms with Crippen molar-refractivity contribution >= 4 is 51.7 Å². The van der Waals surface area contributed by atoms with Gasteiger partial charge in [0.15, 0.2) is 5.13 Å². The minimum Gasteiger partial charge on any atom is -0.488 e. The predicted molar refractivity (Wildman–Crippen MR) is 110 cm³/mol. The Balaban J connectivity index is 1.44. The highest BCUT2D eigenvalue weighted by Gasteiger charge is 2.18. The zero-order chi connectivity index (χ0) is 18.8. The van der Waals surface area contributed by atoms with E-state index in [0.717, 1.165) is 21.8 Å². The van der Waals surface area contributed by atoms with Crippen LogP contribution in [0.4, 0.5) is 5.13 Å². The van der Waals surface area contributed by atoms with Crippen molar-refractivity contribution in [1.82, 2.24) is 4.98 Å². The first-order chi connectivity index (χ1) is 13.1. The van der Waals surface area contributed by atoms with Gasteiger partial charge in [-0.25, -0.2) is 4.98 Å². The monoisotopic (exact) mass is 416 g/mol. The Labute approximate surface area is 170 Å². The van der Waals surface area contributed by atoms with Gasteiger partial charge in [0.2, 0.25) is 0 Å². The van der Waals surface area contributed by atoms with Crippen molar-refractivity contribution in [2.24, 2.45) is 0 Å². The molecule has 1 N–H and O–H groups in total. The van der Waals surface area contributed by atoms with Crippen LogP contribution in [0.15, 0.2) is 54.2 Å². The maximum atomic E-state index is 12.5. The maximum absolute atomic E-state index is 12.5. The Morgan fingerprint density at radius 2 is 2.04 bits per heavy atom. The number of para-hydroxylation sites is 1. The van der Waals surface area contributed by atoms with Crippen LogP contribution in [0.5, 0.6) is 5.75 Å². The van der Waals surface area contributed by atoms with Crippen LogP contribution in [0.2, 0.25) is 10.0 Å². The number of halogens is 2. The van der Waals surface area contributed by atoms with Crippen molar-refractivity contribution in [3.63, 3.8) is 0 Å². The van der Waals surface area contributed by atoms with E-state index in [9.17, 15) is 4.79 Å². The average molecular weight is 417 g/mol. The van der Waals surface area contributed by atoms with Crippen molar-refractivity contribution in [2.75, 3.05) is 11.9 Å². The van der Waals surface area contributed by atoms with Crippen LogP contribution < -0.4 is 10.1 Å². The number of carbonyl (C=O) groups is 1. The SMILES string of the molecule is O=C(Nc1ncc(Cc2ccc(Cl)c(Cl)c2)s1)C1=Cc2ccccc2OC1. The van der Waals surface area contributed by atoms with Gasteiger partial charge >= 0.3 is 0 Å². The highest BCUT2D eigenvalue weighted by Crippen LogP contribution is 2.28. The molecule has 136 valence electrons. The number of nitrogens with zero attached hydrogens (tertiary/aromatic N) is 1. The molecule has 1 aromatic heterocycles. The van der Waals surface area contributed by atoms with Crippen LogP contribution in [0.1, 0.15) is 16.0 Å². The lowest BCUT2D eigenvalue weighted by atomic mass is 10.1. The van der Waals surface area contributed by atoms with Crippen LogP contribution >= 0.6 is 34.5 Å². The van der Waals surface area contributed by atoms with Crippen LogP contribution in [-0.4, -0.2) is 17.5 Å². The first-order valence-electron chi connectivity index (χ1n) is 8.21. The minimum atomic E-state index is -0.208. The van der Waals surface area contributed by atoms with Gasteiger partial charge in [-0.15, -0.1) is 11.3 Å². The number of benzene rings is 2. The second-order valence-corrected chi connectivity index (χ2v) is 7.94. The van der Waals surface area contributed by atoms with Crippen molar-refractivity contribution in [3.8, 4) is 5.75 Å². The summed E-state index contributed by atoms with van der Waals surface area (Å²) in [5.74, 6) is 0.576. The normalized spacial score (nSPS) is 12.7. The molecule has 0 unspecified atom stereocenters. The molecule has 27 heavy (non-hydrogen) atoms. The number of rotatable bonds is 4. The summed E-state index contributed by atoms with van der Waals surface area (Å²) in [6.07, 6.45) is 4.27. The van der Waals surface area contributed by atoms with Crippen LogP contribution in [0.3, 0.4) is 0 Å². The molecule has 7 heteroatoms. The predicted octanol–water partition coefficient (Wildman–Crippen LogP) is 5.46. The summed E-state index contributed by atoms with van der Waals surface area (Å²) in [6.45, 7) is 0.240. The van der Waals surface area contributed by atoms with Gasteiger partial charge in [0.1, 0.15) is 12.4 Å². The third-order valence-corrected chi connectivity index (χ3v) is 5.71. The highest BCUT2D eigenvalue weighted by molar-refractivity contribution is 7.15. The fourth-order valence-corrected chi connectivity index (χ4v) is 3.88. The Morgan fingerprint density at radius 3 is 2.89 bits per heavy atom. The first kappa shape index (κ1) is 18.0. The van der Waals surface area contributed by atoms with E-state index in [0.29, 0.717) is 27.2 Å². The summed E-state index contributed by atoms with van der Waals surface area (Å²) >= 11 is 13.4. The van der Waals surface area contributed by atoms with Gasteiger partial charge in [0.05, 0.1) is 15.6 Å². The van der Waals surface area contributed by atoms with E-state index >= 15 is 0 Å². The zero-order valence-corrected chi connectivity index (χ0v) is 16.4. The third-order valence-electron chi connectivity index (χ3n) is 4.06. The fourth-order valence-electron chi connectivity index (χ4n) is 2.72. The molecule has 2 heterocycles. The van der Waals surface area contributed by atoms with Gasteiger partial charge in [-0.2, -0.15) is 0 Å². The van der Waals surface area contributed by atoms with Gasteiger partial charge in [0.25, 0.3) is 5.91 Å². The Bertz CT molecular complexity index is 1050. The number of thiazole rings is 1. The molecule has 1 amide bonds. The fraction of sp³-hybridized carbons (Fsp3) is 0.100. The van der Waals surface area contributed by atoms with Crippen molar-refractivity contribution in [2.45, 2.75) is 6.42 Å². The summed E-state index contributed by atoms with van der Waals surface area (Å²) in [6, 6.07) is 13.2. The van der Waals surface area contributed by atoms with Gasteiger partial charge in [-0.3, -0.25) is 10.1 Å². The number of nitrogens with one attached hydrogen (secondary N) is 1. The largest absolute Gasteiger partial charge is 0.488 e. The lowest BCUT2D eigenvalue weighted by Crippen LogP contribution is -2.21. The van der Waals surface area contributed by atoms with Gasteiger partial charge in [-0.1, -0.05) is 47.5 Å². The highest BCUT2D eigenvalue weighted by atomic mass is 35.5. The van der Waals surface area contributed by atoms with E-state index in [1.807, 2.05) is 42.5 Å². The van der Waals surface area contributed by atoms with E-state index in [-0.39, 0.29) is 12.5 Å². The molecule has 3 aromatic rings. The molecule has 0 atom stereocenters. The lowest BCUT2D eigenvalue weighted by Gasteiger charge is -2.16. The molecule has 4 nitrogen and oxygen atoms in total. The van der Waals surface area contributed by atoms with E-state index in [1.54, 1.807) is 12.3 Å². The lowest BCUT2D eigenvalue weighted by molar-refractivity contribution is -0.113. The molecule has 4 rings (SSSR count). The van der Waals surface area contributed by atoms with Crippen molar-refractivity contribution in [1.29, 1.82) is 0 Å². The summed E-state index contributed by atoms with van der Waals surface area (Å²) in [5, 5.41) is 4.45. The second-order valence-electron chi connectivity index (χ2n) is 6.01. The molecule has 1 aliphatic rings. The van der Waals surface area contributed by atoms with E-state index in [1.165, 1.54) is 11.3 Å². The second kappa shape index (κ2) is 7.72. The zero-order valence-electron chi connectivity index (χ0n) is 14.0. The molecule has 0 radical (unpaired) electrons. The quantitative estimate of drug-likeness (QED) is 0.614. The molecule has 0 saturated carbocycles. The average Bonchev–Trinajstić information content (AvgIpc) is 3.11. The number of hydrogen-bond acceptors (Lipinski definition) is 4. The topological polar surface area (TPSA) is 51.2 Å². The summed E-state index contributed by atoms with van der Waals surface area (Å²) in [4.78, 5) is 17.8. The molecule has 1 aliphatic heterocycles. The Hall–Kier alpha value is -2.34. The number of carbonyl (C=O) groups excluding carboxylic acids is 1. The van der Waals surface area contributed by atoms with Gasteiger partial charge < -0.3 is 4.74 Å². The minimum absolute atomic E-state index is 0.208. The molecule has 0 spiro atoms. The third kappa shape index (κ3) is 4.16. The number of anilines is 1. The Kier molecular flexibility index (Phi) is 5.16. The number of amides is 1. The summed E-state index contributed by atoms with van der Waals surface area (Å²) in [7, 11) is 0. The molecular formula is C20H14Cl2N2O2S. The van der Waals surface area contributed by atoms with E-state index < -0.39 is 0 Å². The van der Waals surface area contributed by atoms with Crippen molar-refractivity contribution < 1.29 is 9.53 Å². The number of ether oxygens (including phenoxy) is 1. The summed E-state index contributed by atoms with van der Waals surface area (Å²) < 4.78 is 5.63. The van der Waals surface area contributed by atoms with Crippen LogP contribution in [-0.2, 0) is 11.2 Å². The van der Waals surface area contributed by atoms with Crippen LogP contribution in [0, 0.1) is 0 Å². The molecule has 0 aliphatic carbocycles.